The minimum Gasteiger partial charge on any atom is -0.380 e. The van der Waals surface area contributed by atoms with Gasteiger partial charge in [0.05, 0.1) is 6.61 Å². The van der Waals surface area contributed by atoms with E-state index in [4.69, 9.17) is 4.74 Å². The van der Waals surface area contributed by atoms with Crippen LogP contribution >= 0.6 is 0 Å². The molecule has 0 spiro atoms. The fourth-order valence-corrected chi connectivity index (χ4v) is 3.22. The minimum absolute atomic E-state index is 0.670. The van der Waals surface area contributed by atoms with Crippen LogP contribution < -0.4 is 5.32 Å². The molecule has 2 heterocycles. The quantitative estimate of drug-likeness (QED) is 0.812. The van der Waals surface area contributed by atoms with Crippen LogP contribution in [-0.4, -0.2) is 49.3 Å². The standard InChI is InChI=1S/C14H28N2O/c1-4-5-12-9-16(13-6-7-17-10-13)14(8-15-12)11(2)3/h11-15H,4-10H2,1-3H3. The van der Waals surface area contributed by atoms with E-state index in [-0.39, 0.29) is 0 Å². The van der Waals surface area contributed by atoms with Crippen molar-refractivity contribution in [1.82, 2.24) is 10.2 Å². The Hall–Kier alpha value is -0.120. The lowest BCUT2D eigenvalue weighted by atomic mass is 9.95. The number of nitrogens with zero attached hydrogens (tertiary/aromatic N) is 1. The van der Waals surface area contributed by atoms with E-state index in [9.17, 15) is 0 Å². The lowest BCUT2D eigenvalue weighted by molar-refractivity contribution is 0.0463. The molecule has 0 amide bonds. The van der Waals surface area contributed by atoms with Gasteiger partial charge in [-0.05, 0) is 18.8 Å². The maximum absolute atomic E-state index is 5.57. The second-order valence-corrected chi connectivity index (χ2v) is 5.92. The molecular formula is C14H28N2O. The van der Waals surface area contributed by atoms with Gasteiger partial charge >= 0.3 is 0 Å². The first-order valence-corrected chi connectivity index (χ1v) is 7.29. The Kier molecular flexibility index (Phi) is 4.83. The summed E-state index contributed by atoms with van der Waals surface area (Å²) >= 11 is 0. The van der Waals surface area contributed by atoms with Crippen LogP contribution in [0.15, 0.2) is 0 Å². The maximum atomic E-state index is 5.57. The van der Waals surface area contributed by atoms with Crippen molar-refractivity contribution < 1.29 is 4.74 Å². The van der Waals surface area contributed by atoms with E-state index in [1.807, 2.05) is 0 Å². The smallest absolute Gasteiger partial charge is 0.0622 e. The lowest BCUT2D eigenvalue weighted by Crippen LogP contribution is -2.61. The third-order valence-corrected chi connectivity index (χ3v) is 4.25. The van der Waals surface area contributed by atoms with E-state index in [1.165, 1.54) is 25.8 Å². The van der Waals surface area contributed by atoms with Crippen LogP contribution in [0.5, 0.6) is 0 Å². The van der Waals surface area contributed by atoms with E-state index in [1.54, 1.807) is 0 Å². The predicted octanol–water partition coefficient (Wildman–Crippen LogP) is 1.87. The third kappa shape index (κ3) is 3.21. The third-order valence-electron chi connectivity index (χ3n) is 4.25. The second kappa shape index (κ2) is 6.17. The summed E-state index contributed by atoms with van der Waals surface area (Å²) in [6.45, 7) is 11.2. The Morgan fingerprint density at radius 3 is 2.82 bits per heavy atom. The first kappa shape index (κ1) is 13.3. The van der Waals surface area contributed by atoms with Gasteiger partial charge in [-0.15, -0.1) is 0 Å². The van der Waals surface area contributed by atoms with Crippen molar-refractivity contribution in [2.75, 3.05) is 26.3 Å². The molecule has 3 heteroatoms. The van der Waals surface area contributed by atoms with Crippen molar-refractivity contribution in [2.24, 2.45) is 5.92 Å². The molecule has 0 bridgehead atoms. The number of piperazine rings is 1. The van der Waals surface area contributed by atoms with E-state index in [0.717, 1.165) is 25.7 Å². The SMILES string of the molecule is CCCC1CN(C2CCOC2)C(C(C)C)CN1. The molecule has 0 saturated carbocycles. The molecule has 2 saturated heterocycles. The molecular weight excluding hydrogens is 212 g/mol. The highest BCUT2D eigenvalue weighted by Gasteiger charge is 2.35. The molecule has 17 heavy (non-hydrogen) atoms. The summed E-state index contributed by atoms with van der Waals surface area (Å²) in [7, 11) is 0. The highest BCUT2D eigenvalue weighted by molar-refractivity contribution is 4.92. The number of rotatable bonds is 4. The molecule has 0 aromatic rings. The fraction of sp³-hybridized carbons (Fsp3) is 1.00. The molecule has 0 aromatic heterocycles. The fourth-order valence-electron chi connectivity index (χ4n) is 3.22. The average Bonchev–Trinajstić information content (AvgIpc) is 2.82. The van der Waals surface area contributed by atoms with Gasteiger partial charge < -0.3 is 10.1 Å². The zero-order chi connectivity index (χ0) is 12.3. The van der Waals surface area contributed by atoms with Crippen LogP contribution in [0, 0.1) is 5.92 Å². The maximum Gasteiger partial charge on any atom is 0.0622 e. The number of ether oxygens (including phenoxy) is 1. The molecule has 3 atom stereocenters. The number of hydrogen-bond donors (Lipinski definition) is 1. The Balaban J connectivity index is 1.98. The van der Waals surface area contributed by atoms with Crippen molar-refractivity contribution in [3.8, 4) is 0 Å². The molecule has 100 valence electrons. The molecule has 2 aliphatic rings. The predicted molar refractivity (Wildman–Crippen MR) is 71.3 cm³/mol. The average molecular weight is 240 g/mol. The Morgan fingerprint density at radius 2 is 2.24 bits per heavy atom. The summed E-state index contributed by atoms with van der Waals surface area (Å²) < 4.78 is 5.57. The van der Waals surface area contributed by atoms with Crippen molar-refractivity contribution in [1.29, 1.82) is 0 Å². The highest BCUT2D eigenvalue weighted by Crippen LogP contribution is 2.23. The summed E-state index contributed by atoms with van der Waals surface area (Å²) in [6, 6.07) is 2.05. The van der Waals surface area contributed by atoms with Gasteiger partial charge in [0.1, 0.15) is 0 Å². The van der Waals surface area contributed by atoms with Crippen LogP contribution in [0.2, 0.25) is 0 Å². The van der Waals surface area contributed by atoms with Crippen molar-refractivity contribution >= 4 is 0 Å². The molecule has 3 unspecified atom stereocenters. The van der Waals surface area contributed by atoms with Gasteiger partial charge in [0.25, 0.3) is 0 Å². The van der Waals surface area contributed by atoms with Gasteiger partial charge in [-0.25, -0.2) is 0 Å². The summed E-state index contributed by atoms with van der Waals surface area (Å²) in [5.41, 5.74) is 0. The molecule has 0 radical (unpaired) electrons. The lowest BCUT2D eigenvalue weighted by Gasteiger charge is -2.45. The van der Waals surface area contributed by atoms with Crippen molar-refractivity contribution in [3.05, 3.63) is 0 Å². The largest absolute Gasteiger partial charge is 0.380 e. The topological polar surface area (TPSA) is 24.5 Å². The Morgan fingerprint density at radius 1 is 1.41 bits per heavy atom. The van der Waals surface area contributed by atoms with Crippen LogP contribution in [0.4, 0.5) is 0 Å². The normalized spacial score (nSPS) is 35.6. The molecule has 3 nitrogen and oxygen atoms in total. The van der Waals surface area contributed by atoms with E-state index < -0.39 is 0 Å². The van der Waals surface area contributed by atoms with Gasteiger partial charge in [-0.3, -0.25) is 4.90 Å². The Bertz CT molecular complexity index is 226. The van der Waals surface area contributed by atoms with Gasteiger partial charge in [0, 0.05) is 37.8 Å². The number of hydrogen-bond acceptors (Lipinski definition) is 3. The van der Waals surface area contributed by atoms with Crippen LogP contribution in [0.25, 0.3) is 0 Å². The molecule has 2 fully saturated rings. The van der Waals surface area contributed by atoms with Crippen molar-refractivity contribution in [3.63, 3.8) is 0 Å². The van der Waals surface area contributed by atoms with Gasteiger partial charge in [-0.1, -0.05) is 27.2 Å². The van der Waals surface area contributed by atoms with E-state index in [0.29, 0.717) is 18.1 Å². The van der Waals surface area contributed by atoms with Crippen LogP contribution in [0.1, 0.15) is 40.0 Å². The Labute approximate surface area is 106 Å². The molecule has 0 aliphatic carbocycles. The van der Waals surface area contributed by atoms with Gasteiger partial charge in [-0.2, -0.15) is 0 Å². The second-order valence-electron chi connectivity index (χ2n) is 5.92. The van der Waals surface area contributed by atoms with Gasteiger partial charge in [0.2, 0.25) is 0 Å². The summed E-state index contributed by atoms with van der Waals surface area (Å²) in [4.78, 5) is 2.73. The van der Waals surface area contributed by atoms with Gasteiger partial charge in [0.15, 0.2) is 0 Å². The zero-order valence-corrected chi connectivity index (χ0v) is 11.6. The van der Waals surface area contributed by atoms with Crippen LogP contribution in [-0.2, 0) is 4.74 Å². The zero-order valence-electron chi connectivity index (χ0n) is 11.6. The summed E-state index contributed by atoms with van der Waals surface area (Å²) in [5.74, 6) is 0.727. The molecule has 2 rings (SSSR count). The molecule has 0 aromatic carbocycles. The van der Waals surface area contributed by atoms with E-state index in [2.05, 4.69) is 31.0 Å². The highest BCUT2D eigenvalue weighted by atomic mass is 16.5. The van der Waals surface area contributed by atoms with Crippen LogP contribution in [0.3, 0.4) is 0 Å². The van der Waals surface area contributed by atoms with Crippen molar-refractivity contribution in [2.45, 2.75) is 58.2 Å². The number of nitrogens with one attached hydrogen (secondary N) is 1. The monoisotopic (exact) mass is 240 g/mol. The molecule has 2 aliphatic heterocycles. The minimum atomic E-state index is 0.670. The first-order chi connectivity index (χ1) is 8.22. The first-order valence-electron chi connectivity index (χ1n) is 7.29. The molecule has 1 N–H and O–H groups in total. The summed E-state index contributed by atoms with van der Waals surface area (Å²) in [5, 5.41) is 3.72. The van der Waals surface area contributed by atoms with E-state index >= 15 is 0 Å². The summed E-state index contributed by atoms with van der Waals surface area (Å²) in [6.07, 6.45) is 3.80.